The molecule has 0 unspecified atom stereocenters. The Morgan fingerprint density at radius 2 is 1.37 bits per heavy atom. The molecule has 3 heterocycles. The smallest absolute Gasteiger partial charge is 0.120 e. The molecule has 1 fully saturated rings. The van der Waals surface area contributed by atoms with E-state index in [1.807, 2.05) is 30.3 Å². The van der Waals surface area contributed by atoms with Gasteiger partial charge in [0.2, 0.25) is 0 Å². The first kappa shape index (κ1) is 44.2. The summed E-state index contributed by atoms with van der Waals surface area (Å²) in [5.74, 6) is 2.19. The quantitative estimate of drug-likeness (QED) is 0.113. The van der Waals surface area contributed by atoms with Crippen molar-refractivity contribution in [2.75, 3.05) is 0 Å². The molecule has 3 aromatic heterocycles. The van der Waals surface area contributed by atoms with Crippen LogP contribution < -0.4 is 5.19 Å². The monoisotopic (exact) mass is 1020 g/mol. The zero-order valence-electron chi connectivity index (χ0n) is 37.6. The van der Waals surface area contributed by atoms with Crippen molar-refractivity contribution in [2.45, 2.75) is 97.2 Å². The molecule has 63 heavy (non-hydrogen) atoms. The van der Waals surface area contributed by atoms with Gasteiger partial charge in [-0.1, -0.05) is 150 Å². The van der Waals surface area contributed by atoms with E-state index in [9.17, 15) is 0 Å². The number of aromatic nitrogens is 3. The zero-order chi connectivity index (χ0) is 43.0. The van der Waals surface area contributed by atoms with Gasteiger partial charge in [-0.3, -0.25) is 4.98 Å². The molecule has 1 radical (unpaired) electrons. The van der Waals surface area contributed by atoms with Gasteiger partial charge in [0.15, 0.2) is 0 Å². The van der Waals surface area contributed by atoms with Crippen LogP contribution in [0.25, 0.3) is 72.4 Å². The van der Waals surface area contributed by atoms with Gasteiger partial charge >= 0.3 is 0 Å². The van der Waals surface area contributed by atoms with Crippen molar-refractivity contribution in [3.8, 4) is 39.5 Å². The zero-order valence-corrected chi connectivity index (χ0v) is 41.0. The van der Waals surface area contributed by atoms with Crippen molar-refractivity contribution in [2.24, 2.45) is 0 Å². The molecule has 9 aromatic rings. The summed E-state index contributed by atoms with van der Waals surface area (Å²) in [5, 5.41) is 3.74. The molecule has 4 nitrogen and oxygen atoms in total. The van der Waals surface area contributed by atoms with Crippen LogP contribution in [-0.4, -0.2) is 22.6 Å². The maximum atomic E-state index is 6.47. The summed E-state index contributed by atoms with van der Waals surface area (Å²) in [7, 11) is -1.36. The average Bonchev–Trinajstić information content (AvgIpc) is 3.88. The number of nitrogens with zero attached hydrogens (tertiary/aromatic N) is 3. The van der Waals surface area contributed by atoms with Crippen LogP contribution in [0, 0.1) is 12.1 Å². The van der Waals surface area contributed by atoms with Gasteiger partial charge in [-0.25, -0.2) is 0 Å². The summed E-state index contributed by atoms with van der Waals surface area (Å²) in [6.07, 6.45) is 9.03. The topological polar surface area (TPSA) is 43.9 Å². The molecule has 0 N–H and O–H groups in total. The molecular weight excluding hydrogens is 963 g/mol. The van der Waals surface area contributed by atoms with E-state index in [-0.39, 0.29) is 20.1 Å². The molecule has 321 valence electrons. The molecule has 0 aliphatic heterocycles. The number of furan rings is 1. The first-order chi connectivity index (χ1) is 30.1. The van der Waals surface area contributed by atoms with Crippen molar-refractivity contribution >= 4 is 46.2 Å². The van der Waals surface area contributed by atoms with Crippen LogP contribution in [0.15, 0.2) is 144 Å². The number of hydrogen-bond acceptors (Lipinski definition) is 3. The Morgan fingerprint density at radius 1 is 0.683 bits per heavy atom. The second-order valence-corrected chi connectivity index (χ2v) is 23.7. The Morgan fingerprint density at radius 3 is 2.06 bits per heavy atom. The van der Waals surface area contributed by atoms with Crippen LogP contribution in [0.1, 0.15) is 94.2 Å². The predicted molar refractivity (Wildman–Crippen MR) is 264 cm³/mol. The molecule has 1 aliphatic carbocycles. The second kappa shape index (κ2) is 18.8. The Balaban J connectivity index is 0.000000201. The van der Waals surface area contributed by atoms with E-state index in [2.05, 4.69) is 173 Å². The van der Waals surface area contributed by atoms with E-state index in [4.69, 9.17) is 14.4 Å². The van der Waals surface area contributed by atoms with Crippen LogP contribution in [-0.2, 0) is 20.1 Å². The normalized spacial score (nSPS) is 13.4. The van der Waals surface area contributed by atoms with Gasteiger partial charge in [-0.15, -0.1) is 54.1 Å². The van der Waals surface area contributed by atoms with E-state index in [1.165, 1.54) is 60.0 Å². The standard InChI is InChI=1S/C37H31N2O.C20H26NSi.Ir/c1-23(2)30-21-26(25-13-6-5-7-14-25)22-31(24(3)4)35(30)39-33-19-10-9-18-32(33)38-37(39)29-17-12-16-28-27-15-8-11-20-34(27)40-36(28)29;1-22(2,3)20-15-21-19(17-12-8-5-9-13-17)14-18(20)16-10-6-4-7-11-16;/h5-16,18-24H,1-4H3;5,8-9,12,14-16H,4,6-7,10-11H2,1-3H3;/q2*-1;. The molecular formula is C57H57IrN3OSi-2. The number of imidazole rings is 1. The third-order valence-corrected chi connectivity index (χ3v) is 14.7. The Labute approximate surface area is 388 Å². The summed E-state index contributed by atoms with van der Waals surface area (Å²) < 4.78 is 8.83. The van der Waals surface area contributed by atoms with E-state index in [0.717, 1.165) is 61.5 Å². The maximum Gasteiger partial charge on any atom is 0.120 e. The number of pyridine rings is 1. The Bertz CT molecular complexity index is 2960. The molecule has 1 aliphatic rings. The van der Waals surface area contributed by atoms with E-state index in [1.54, 1.807) is 10.8 Å². The summed E-state index contributed by atoms with van der Waals surface area (Å²) in [4.78, 5) is 10.0. The summed E-state index contributed by atoms with van der Waals surface area (Å²) in [5.41, 5.74) is 14.7. The van der Waals surface area contributed by atoms with Crippen molar-refractivity contribution in [3.63, 3.8) is 0 Å². The minimum absolute atomic E-state index is 0. The first-order valence-corrected chi connectivity index (χ1v) is 26.1. The SMILES string of the molecule is CC(C)c1cc(-c2ccccc2)cc(C(C)C)c1-n1c(-c2[c-]ccc3c2oc2ccccc23)nc2ccccc21.C[Si](C)(C)c1cnc(-c2[c-]cccc2)cc1C1CCCCC1.[Ir]. The average molecular weight is 1020 g/mol. The van der Waals surface area contributed by atoms with Crippen LogP contribution in [0.3, 0.4) is 0 Å². The molecule has 0 atom stereocenters. The fourth-order valence-corrected chi connectivity index (χ4v) is 11.0. The largest absolute Gasteiger partial charge is 0.501 e. The number of hydrogen-bond donors (Lipinski definition) is 0. The molecule has 0 saturated heterocycles. The van der Waals surface area contributed by atoms with Crippen molar-refractivity contribution in [1.82, 2.24) is 14.5 Å². The predicted octanol–water partition coefficient (Wildman–Crippen LogP) is 15.4. The van der Waals surface area contributed by atoms with Crippen LogP contribution in [0.4, 0.5) is 0 Å². The molecule has 6 aromatic carbocycles. The summed E-state index contributed by atoms with van der Waals surface area (Å²) in [6, 6.07) is 53.5. The third kappa shape index (κ3) is 8.91. The second-order valence-electron chi connectivity index (χ2n) is 18.6. The van der Waals surface area contributed by atoms with Gasteiger partial charge in [-0.2, -0.15) is 0 Å². The fourth-order valence-electron chi connectivity index (χ4n) is 9.44. The van der Waals surface area contributed by atoms with Gasteiger partial charge in [0.25, 0.3) is 0 Å². The Hall–Kier alpha value is -5.39. The first-order valence-electron chi connectivity index (χ1n) is 22.6. The van der Waals surface area contributed by atoms with Crippen molar-refractivity contribution < 1.29 is 24.5 Å². The number of para-hydroxylation sites is 3. The fraction of sp³-hybridized carbons (Fsp3) is 0.263. The number of rotatable bonds is 8. The minimum Gasteiger partial charge on any atom is -0.501 e. The summed E-state index contributed by atoms with van der Waals surface area (Å²) >= 11 is 0. The number of benzene rings is 6. The number of fused-ring (bicyclic) bond motifs is 4. The van der Waals surface area contributed by atoms with Crippen LogP contribution >= 0.6 is 0 Å². The van der Waals surface area contributed by atoms with Crippen molar-refractivity contribution in [1.29, 1.82) is 0 Å². The van der Waals surface area contributed by atoms with Crippen LogP contribution in [0.5, 0.6) is 0 Å². The molecule has 10 rings (SSSR count). The van der Waals surface area contributed by atoms with E-state index in [0.29, 0.717) is 11.8 Å². The van der Waals surface area contributed by atoms with E-state index >= 15 is 0 Å². The third-order valence-electron chi connectivity index (χ3n) is 12.6. The molecule has 1 saturated carbocycles. The van der Waals surface area contributed by atoms with Gasteiger partial charge in [0.05, 0.1) is 30.5 Å². The van der Waals surface area contributed by atoms with Gasteiger partial charge < -0.3 is 14.0 Å². The maximum absolute atomic E-state index is 6.47. The van der Waals surface area contributed by atoms with Crippen LogP contribution in [0.2, 0.25) is 19.6 Å². The molecule has 6 heteroatoms. The van der Waals surface area contributed by atoms with Gasteiger partial charge in [0.1, 0.15) is 5.58 Å². The molecule has 0 bridgehead atoms. The van der Waals surface area contributed by atoms with Gasteiger partial charge in [0, 0.05) is 37.4 Å². The van der Waals surface area contributed by atoms with E-state index < -0.39 is 8.07 Å². The summed E-state index contributed by atoms with van der Waals surface area (Å²) in [6.45, 7) is 16.4. The molecule has 0 amide bonds. The van der Waals surface area contributed by atoms with Crippen molar-refractivity contribution in [3.05, 3.63) is 168 Å². The molecule has 0 spiro atoms. The Kier molecular flexibility index (Phi) is 13.2. The van der Waals surface area contributed by atoms with Gasteiger partial charge in [-0.05, 0) is 94.1 Å². The minimum atomic E-state index is -1.36.